The molecule has 8 aromatic rings. The van der Waals surface area contributed by atoms with Crippen LogP contribution in [-0.4, -0.2) is 0 Å². The van der Waals surface area contributed by atoms with Crippen LogP contribution >= 0.6 is 0 Å². The first-order chi connectivity index (χ1) is 23.2. The molecule has 1 aliphatic carbocycles. The summed E-state index contributed by atoms with van der Waals surface area (Å²) in [7, 11) is 0. The number of hydrogen-bond acceptors (Lipinski definition) is 2. The van der Waals surface area contributed by atoms with E-state index < -0.39 is 0 Å². The van der Waals surface area contributed by atoms with E-state index in [0.29, 0.717) is 0 Å². The quantitative estimate of drug-likeness (QED) is 0.195. The highest BCUT2D eigenvalue weighted by atomic mass is 16.3. The van der Waals surface area contributed by atoms with Crippen molar-refractivity contribution in [2.45, 2.75) is 20.3 Å². The number of aryl methyl sites for hydroxylation is 1. The largest absolute Gasteiger partial charge is 0.456 e. The molecule has 224 valence electrons. The van der Waals surface area contributed by atoms with Crippen LogP contribution in [0.15, 0.2) is 156 Å². The Bertz CT molecular complexity index is 2450. The first-order valence-electron chi connectivity index (χ1n) is 16.3. The van der Waals surface area contributed by atoms with Crippen molar-refractivity contribution in [1.29, 1.82) is 0 Å². The number of para-hydroxylation sites is 2. The van der Waals surface area contributed by atoms with Crippen molar-refractivity contribution in [3.05, 3.63) is 174 Å². The standard InChI is InChI=1S/C45H33NO/c1-29-27-38-34-20-10-9-19-33(34)28-39(38)44(30(29)2)46(40-23-13-11-21-35(40)31-15-5-3-6-16-31)45-36(32-17-7-4-8-18-32)25-26-42-43(45)37-22-12-14-24-41(37)47-42/h3-27H,28H2,1-2H3. The number of anilines is 3. The summed E-state index contributed by atoms with van der Waals surface area (Å²) in [5.74, 6) is 0. The molecule has 0 fully saturated rings. The number of hydrogen-bond donors (Lipinski definition) is 0. The average Bonchev–Trinajstić information content (AvgIpc) is 3.69. The number of furan rings is 1. The Morgan fingerprint density at radius 3 is 1.94 bits per heavy atom. The van der Waals surface area contributed by atoms with Gasteiger partial charge in [0.2, 0.25) is 0 Å². The Morgan fingerprint density at radius 2 is 1.15 bits per heavy atom. The summed E-state index contributed by atoms with van der Waals surface area (Å²) in [5, 5.41) is 2.23. The fraction of sp³-hybridized carbons (Fsp3) is 0.0667. The number of nitrogens with zero attached hydrogens (tertiary/aromatic N) is 1. The zero-order valence-corrected chi connectivity index (χ0v) is 26.5. The van der Waals surface area contributed by atoms with Crippen molar-refractivity contribution < 1.29 is 4.42 Å². The van der Waals surface area contributed by atoms with Gasteiger partial charge in [0.25, 0.3) is 0 Å². The number of fused-ring (bicyclic) bond motifs is 6. The molecule has 1 heterocycles. The van der Waals surface area contributed by atoms with Gasteiger partial charge in [-0.1, -0.05) is 127 Å². The van der Waals surface area contributed by atoms with Gasteiger partial charge in [-0.3, -0.25) is 0 Å². The van der Waals surface area contributed by atoms with Gasteiger partial charge >= 0.3 is 0 Å². The molecule has 0 saturated heterocycles. The third-order valence-corrected chi connectivity index (χ3v) is 9.87. The van der Waals surface area contributed by atoms with Crippen molar-refractivity contribution in [2.24, 2.45) is 0 Å². The van der Waals surface area contributed by atoms with Gasteiger partial charge in [-0.15, -0.1) is 0 Å². The van der Waals surface area contributed by atoms with Gasteiger partial charge in [-0.05, 0) is 82.6 Å². The number of benzene rings is 7. The molecule has 0 bridgehead atoms. The first-order valence-corrected chi connectivity index (χ1v) is 16.3. The van der Waals surface area contributed by atoms with Gasteiger partial charge in [0, 0.05) is 22.9 Å². The van der Waals surface area contributed by atoms with E-state index >= 15 is 0 Å². The lowest BCUT2D eigenvalue weighted by Gasteiger charge is -2.34. The minimum absolute atomic E-state index is 0.883. The predicted octanol–water partition coefficient (Wildman–Crippen LogP) is 12.6. The molecule has 7 aromatic carbocycles. The van der Waals surface area contributed by atoms with Gasteiger partial charge in [0.15, 0.2) is 0 Å². The summed E-state index contributed by atoms with van der Waals surface area (Å²) in [6.45, 7) is 4.55. The molecular formula is C45H33NO. The molecule has 0 saturated carbocycles. The number of rotatable bonds is 5. The van der Waals surface area contributed by atoms with Crippen LogP contribution in [0.25, 0.3) is 55.3 Å². The van der Waals surface area contributed by atoms with Crippen LogP contribution in [0.1, 0.15) is 22.3 Å². The average molecular weight is 604 g/mol. The molecule has 0 amide bonds. The van der Waals surface area contributed by atoms with E-state index in [1.807, 2.05) is 0 Å². The SMILES string of the molecule is Cc1cc2c(c(N(c3ccccc3-c3ccccc3)c3c(-c4ccccc4)ccc4oc5ccccc5c34)c1C)Cc1ccccc1-2. The molecule has 0 unspecified atom stereocenters. The van der Waals surface area contributed by atoms with Gasteiger partial charge in [0.1, 0.15) is 11.2 Å². The summed E-state index contributed by atoms with van der Waals surface area (Å²) >= 11 is 0. The lowest BCUT2D eigenvalue weighted by atomic mass is 9.92. The molecule has 2 heteroatoms. The van der Waals surface area contributed by atoms with E-state index in [1.165, 1.54) is 55.8 Å². The molecule has 9 rings (SSSR count). The second-order valence-electron chi connectivity index (χ2n) is 12.5. The second kappa shape index (κ2) is 10.9. The molecule has 0 aliphatic heterocycles. The highest BCUT2D eigenvalue weighted by Crippen LogP contribution is 2.54. The van der Waals surface area contributed by atoms with Crippen molar-refractivity contribution in [2.75, 3.05) is 4.90 Å². The van der Waals surface area contributed by atoms with Crippen LogP contribution in [0, 0.1) is 13.8 Å². The molecule has 2 nitrogen and oxygen atoms in total. The lowest BCUT2D eigenvalue weighted by Crippen LogP contribution is -2.17. The van der Waals surface area contributed by atoms with E-state index in [2.05, 4.69) is 170 Å². The van der Waals surface area contributed by atoms with E-state index in [1.54, 1.807) is 0 Å². The van der Waals surface area contributed by atoms with Crippen LogP contribution in [-0.2, 0) is 6.42 Å². The van der Waals surface area contributed by atoms with E-state index in [9.17, 15) is 0 Å². The maximum Gasteiger partial charge on any atom is 0.137 e. The molecule has 0 N–H and O–H groups in total. The normalized spacial score (nSPS) is 12.0. The van der Waals surface area contributed by atoms with Crippen molar-refractivity contribution in [1.82, 2.24) is 0 Å². The molecule has 1 aromatic heterocycles. The van der Waals surface area contributed by atoms with Gasteiger partial charge in [-0.25, -0.2) is 0 Å². The van der Waals surface area contributed by atoms with E-state index in [-0.39, 0.29) is 0 Å². The highest BCUT2D eigenvalue weighted by molar-refractivity contribution is 6.18. The Kier molecular flexibility index (Phi) is 6.36. The second-order valence-corrected chi connectivity index (χ2v) is 12.5. The predicted molar refractivity (Wildman–Crippen MR) is 197 cm³/mol. The molecule has 0 radical (unpaired) electrons. The fourth-order valence-electron chi connectivity index (χ4n) is 7.57. The smallest absolute Gasteiger partial charge is 0.137 e. The lowest BCUT2D eigenvalue weighted by molar-refractivity contribution is 0.669. The van der Waals surface area contributed by atoms with Crippen molar-refractivity contribution >= 4 is 39.0 Å². The fourth-order valence-corrected chi connectivity index (χ4v) is 7.57. The minimum Gasteiger partial charge on any atom is -0.456 e. The minimum atomic E-state index is 0.883. The van der Waals surface area contributed by atoms with E-state index in [0.717, 1.165) is 45.3 Å². The molecule has 0 atom stereocenters. The summed E-state index contributed by atoms with van der Waals surface area (Å²) in [6.07, 6.45) is 0.884. The third-order valence-electron chi connectivity index (χ3n) is 9.87. The molecule has 0 spiro atoms. The van der Waals surface area contributed by atoms with Gasteiger partial charge in [-0.2, -0.15) is 0 Å². The first kappa shape index (κ1) is 27.5. The topological polar surface area (TPSA) is 16.4 Å². The van der Waals surface area contributed by atoms with Crippen LogP contribution in [0.2, 0.25) is 0 Å². The molecular weight excluding hydrogens is 571 g/mol. The van der Waals surface area contributed by atoms with Crippen LogP contribution in [0.5, 0.6) is 0 Å². The van der Waals surface area contributed by atoms with Crippen LogP contribution in [0.3, 0.4) is 0 Å². The van der Waals surface area contributed by atoms with Crippen LogP contribution in [0.4, 0.5) is 17.1 Å². The Balaban J connectivity index is 1.48. The zero-order valence-electron chi connectivity index (χ0n) is 26.5. The van der Waals surface area contributed by atoms with Crippen molar-refractivity contribution in [3.63, 3.8) is 0 Å². The van der Waals surface area contributed by atoms with Crippen LogP contribution < -0.4 is 4.90 Å². The monoisotopic (exact) mass is 603 g/mol. The summed E-state index contributed by atoms with van der Waals surface area (Å²) in [5.41, 5.74) is 17.9. The van der Waals surface area contributed by atoms with Crippen molar-refractivity contribution in [3.8, 4) is 33.4 Å². The molecule has 1 aliphatic rings. The highest BCUT2D eigenvalue weighted by Gasteiger charge is 2.32. The maximum absolute atomic E-state index is 6.59. The Labute approximate surface area is 275 Å². The summed E-state index contributed by atoms with van der Waals surface area (Å²) in [6, 6.07) is 54.6. The van der Waals surface area contributed by atoms with Gasteiger partial charge in [0.05, 0.1) is 22.4 Å². The Hall–Kier alpha value is -5.86. The Morgan fingerprint density at radius 1 is 0.511 bits per heavy atom. The molecule has 47 heavy (non-hydrogen) atoms. The third kappa shape index (κ3) is 4.33. The van der Waals surface area contributed by atoms with Gasteiger partial charge < -0.3 is 9.32 Å². The summed E-state index contributed by atoms with van der Waals surface area (Å²) in [4.78, 5) is 2.57. The maximum atomic E-state index is 6.59. The van der Waals surface area contributed by atoms with E-state index in [4.69, 9.17) is 4.42 Å². The summed E-state index contributed by atoms with van der Waals surface area (Å²) < 4.78 is 6.59. The zero-order chi connectivity index (χ0) is 31.5.